The van der Waals surface area contributed by atoms with E-state index in [-0.39, 0.29) is 36.6 Å². The lowest BCUT2D eigenvalue weighted by Gasteiger charge is -2.26. The number of anilines is 1. The molecule has 8 heteroatoms. The van der Waals surface area contributed by atoms with Gasteiger partial charge in [-0.15, -0.1) is 0 Å². The quantitative estimate of drug-likeness (QED) is 0.165. The molecule has 4 aromatic carbocycles. The van der Waals surface area contributed by atoms with Gasteiger partial charge in [0, 0.05) is 36.8 Å². The third-order valence-electron chi connectivity index (χ3n) is 6.71. The fraction of sp³-hybridized carbons (Fsp3) is 0.182. The van der Waals surface area contributed by atoms with E-state index in [1.165, 1.54) is 12.1 Å². The van der Waals surface area contributed by atoms with E-state index in [4.69, 9.17) is 5.11 Å². The molecule has 0 radical (unpaired) electrons. The van der Waals surface area contributed by atoms with Gasteiger partial charge in [0.25, 0.3) is 5.91 Å². The van der Waals surface area contributed by atoms with E-state index < -0.39 is 5.97 Å². The number of carboxylic acid groups (broad SMARTS) is 1. The maximum absolute atomic E-state index is 13.5. The minimum Gasteiger partial charge on any atom is -0.508 e. The van der Waals surface area contributed by atoms with Crippen molar-refractivity contribution in [3.05, 3.63) is 131 Å². The largest absolute Gasteiger partial charge is 0.508 e. The summed E-state index contributed by atoms with van der Waals surface area (Å²) < 4.78 is 0. The molecule has 4 rings (SSSR count). The second-order valence-corrected chi connectivity index (χ2v) is 9.66. The van der Waals surface area contributed by atoms with Crippen LogP contribution in [-0.2, 0) is 11.3 Å². The molecule has 0 atom stereocenters. The second-order valence-electron chi connectivity index (χ2n) is 9.66. The van der Waals surface area contributed by atoms with E-state index in [0.29, 0.717) is 30.8 Å². The number of phenolic OH excluding ortho intramolecular Hbond substituents is 1. The molecule has 41 heavy (non-hydrogen) atoms. The number of rotatable bonds is 12. The molecule has 0 heterocycles. The van der Waals surface area contributed by atoms with Crippen molar-refractivity contribution in [3.8, 4) is 5.75 Å². The highest BCUT2D eigenvalue weighted by atomic mass is 16.4. The first-order valence-corrected chi connectivity index (χ1v) is 13.4. The van der Waals surface area contributed by atoms with Crippen molar-refractivity contribution in [3.63, 3.8) is 0 Å². The summed E-state index contributed by atoms with van der Waals surface area (Å²) in [7, 11) is 0. The lowest BCUT2D eigenvalue weighted by Crippen LogP contribution is -2.36. The van der Waals surface area contributed by atoms with Crippen LogP contribution >= 0.6 is 0 Å². The summed E-state index contributed by atoms with van der Waals surface area (Å²) in [6.07, 6.45) is 0.531. The van der Waals surface area contributed by atoms with E-state index in [9.17, 15) is 19.5 Å². The highest BCUT2D eigenvalue weighted by molar-refractivity contribution is 5.94. The molecule has 0 aliphatic carbocycles. The molecule has 0 spiro atoms. The molecule has 3 amide bonds. The smallest absolute Gasteiger partial charge is 0.322 e. The summed E-state index contributed by atoms with van der Waals surface area (Å²) in [4.78, 5) is 38.3. The standard InChI is InChI=1S/C33H33N3O5/c37-29-17-15-28(16-18-29)35-33(41)36(23-24-11-13-27(14-12-24)32(40)34-21-19-31(38)39)22-20-30(25-7-3-1-4-8-25)26-9-5-2-6-10-26/h1-18,30,37H,19-23H2,(H,34,40)(H,35,41)(H,38,39). The first kappa shape index (κ1) is 28.9. The Hall–Kier alpha value is -5.11. The molecule has 210 valence electrons. The summed E-state index contributed by atoms with van der Waals surface area (Å²) in [5.74, 6) is -1.14. The number of urea groups is 1. The van der Waals surface area contributed by atoms with Crippen molar-refractivity contribution < 1.29 is 24.6 Å². The predicted octanol–water partition coefficient (Wildman–Crippen LogP) is 5.85. The summed E-state index contributed by atoms with van der Waals surface area (Å²) in [5, 5.41) is 23.9. The highest BCUT2D eigenvalue weighted by Gasteiger charge is 2.20. The zero-order chi connectivity index (χ0) is 29.0. The third-order valence-corrected chi connectivity index (χ3v) is 6.71. The summed E-state index contributed by atoms with van der Waals surface area (Å²) in [5.41, 5.74) is 4.14. The Morgan fingerprint density at radius 2 is 1.34 bits per heavy atom. The summed E-state index contributed by atoms with van der Waals surface area (Å²) in [6.45, 7) is 0.808. The molecule has 0 unspecified atom stereocenters. The number of carboxylic acids is 1. The molecule has 0 aliphatic heterocycles. The molecule has 0 bridgehead atoms. The zero-order valence-electron chi connectivity index (χ0n) is 22.6. The van der Waals surface area contributed by atoms with Crippen LogP contribution in [0.25, 0.3) is 0 Å². The average Bonchev–Trinajstić information content (AvgIpc) is 2.99. The van der Waals surface area contributed by atoms with Crippen LogP contribution in [0, 0.1) is 0 Å². The maximum Gasteiger partial charge on any atom is 0.322 e. The number of carbonyl (C=O) groups excluding carboxylic acids is 2. The lowest BCUT2D eigenvalue weighted by molar-refractivity contribution is -0.136. The average molecular weight is 552 g/mol. The monoisotopic (exact) mass is 551 g/mol. The van der Waals surface area contributed by atoms with Crippen molar-refractivity contribution in [2.24, 2.45) is 0 Å². The van der Waals surface area contributed by atoms with Gasteiger partial charge in [0.2, 0.25) is 0 Å². The van der Waals surface area contributed by atoms with Crippen molar-refractivity contribution in [1.29, 1.82) is 0 Å². The fourth-order valence-electron chi connectivity index (χ4n) is 4.55. The fourth-order valence-corrected chi connectivity index (χ4v) is 4.55. The SMILES string of the molecule is O=C(O)CCNC(=O)c1ccc(CN(CCC(c2ccccc2)c2ccccc2)C(=O)Nc2ccc(O)cc2)cc1. The number of hydrogen-bond acceptors (Lipinski definition) is 4. The number of amides is 3. The molecule has 8 nitrogen and oxygen atoms in total. The van der Waals surface area contributed by atoms with Gasteiger partial charge in [-0.2, -0.15) is 0 Å². The van der Waals surface area contributed by atoms with Crippen LogP contribution in [0.1, 0.15) is 45.8 Å². The molecular formula is C33H33N3O5. The number of benzene rings is 4. The van der Waals surface area contributed by atoms with E-state index in [0.717, 1.165) is 16.7 Å². The van der Waals surface area contributed by atoms with E-state index >= 15 is 0 Å². The number of hydrogen-bond donors (Lipinski definition) is 4. The van der Waals surface area contributed by atoms with Crippen molar-refractivity contribution in [2.45, 2.75) is 25.3 Å². The first-order chi connectivity index (χ1) is 19.9. The summed E-state index contributed by atoms with van der Waals surface area (Å²) in [6, 6.07) is 33.3. The molecular weight excluding hydrogens is 518 g/mol. The first-order valence-electron chi connectivity index (χ1n) is 13.4. The highest BCUT2D eigenvalue weighted by Crippen LogP contribution is 2.28. The molecule has 0 aromatic heterocycles. The number of aromatic hydroxyl groups is 1. The van der Waals surface area contributed by atoms with Crippen LogP contribution in [0.15, 0.2) is 109 Å². The summed E-state index contributed by atoms with van der Waals surface area (Å²) >= 11 is 0. The van der Waals surface area contributed by atoms with E-state index in [1.807, 2.05) is 36.4 Å². The van der Waals surface area contributed by atoms with Gasteiger partial charge in [0.1, 0.15) is 5.75 Å². The Balaban J connectivity index is 1.51. The Kier molecular flexibility index (Phi) is 10.1. The van der Waals surface area contributed by atoms with Crippen molar-refractivity contribution in [1.82, 2.24) is 10.2 Å². The Morgan fingerprint density at radius 1 is 0.756 bits per heavy atom. The van der Waals surface area contributed by atoms with Crippen LogP contribution in [0.5, 0.6) is 5.75 Å². The minimum absolute atomic E-state index is 0.0467. The van der Waals surface area contributed by atoms with Gasteiger partial charge in [-0.05, 0) is 59.5 Å². The van der Waals surface area contributed by atoms with Crippen molar-refractivity contribution in [2.75, 3.05) is 18.4 Å². The number of aliphatic carboxylic acids is 1. The molecule has 0 saturated heterocycles. The normalized spacial score (nSPS) is 10.7. The Bertz CT molecular complexity index is 1390. The number of nitrogens with zero attached hydrogens (tertiary/aromatic N) is 1. The Morgan fingerprint density at radius 3 is 1.90 bits per heavy atom. The molecule has 0 fully saturated rings. The minimum atomic E-state index is -0.979. The molecule has 4 aromatic rings. The van der Waals surface area contributed by atoms with Crippen LogP contribution in [-0.4, -0.2) is 46.1 Å². The molecule has 4 N–H and O–H groups in total. The van der Waals surface area contributed by atoms with Crippen LogP contribution in [0.4, 0.5) is 10.5 Å². The number of phenols is 1. The molecule has 0 aliphatic rings. The topological polar surface area (TPSA) is 119 Å². The van der Waals surface area contributed by atoms with Crippen LogP contribution < -0.4 is 10.6 Å². The van der Waals surface area contributed by atoms with Gasteiger partial charge in [-0.3, -0.25) is 9.59 Å². The van der Waals surface area contributed by atoms with Gasteiger partial charge < -0.3 is 25.7 Å². The predicted molar refractivity (Wildman–Crippen MR) is 158 cm³/mol. The van der Waals surface area contributed by atoms with Gasteiger partial charge in [-0.25, -0.2) is 4.79 Å². The van der Waals surface area contributed by atoms with Crippen molar-refractivity contribution >= 4 is 23.6 Å². The van der Waals surface area contributed by atoms with Gasteiger partial charge in [0.05, 0.1) is 6.42 Å². The second kappa shape index (κ2) is 14.3. The maximum atomic E-state index is 13.5. The van der Waals surface area contributed by atoms with Crippen LogP contribution in [0.2, 0.25) is 0 Å². The molecule has 0 saturated carbocycles. The number of nitrogens with one attached hydrogen (secondary N) is 2. The third kappa shape index (κ3) is 8.69. The van der Waals surface area contributed by atoms with E-state index in [2.05, 4.69) is 34.9 Å². The Labute approximate surface area is 239 Å². The number of carbonyl (C=O) groups is 3. The van der Waals surface area contributed by atoms with Gasteiger partial charge in [0.15, 0.2) is 0 Å². The lowest BCUT2D eigenvalue weighted by atomic mass is 9.88. The van der Waals surface area contributed by atoms with Gasteiger partial charge >= 0.3 is 12.0 Å². The van der Waals surface area contributed by atoms with Crippen LogP contribution in [0.3, 0.4) is 0 Å². The van der Waals surface area contributed by atoms with Gasteiger partial charge in [-0.1, -0.05) is 72.8 Å². The van der Waals surface area contributed by atoms with E-state index in [1.54, 1.807) is 41.3 Å². The zero-order valence-corrected chi connectivity index (χ0v) is 22.6.